The maximum absolute atomic E-state index is 11.1. The number of aromatic carboxylic acids is 1. The first-order valence-electron chi connectivity index (χ1n) is 5.98. The molecule has 2 heterocycles. The minimum absolute atomic E-state index is 0.111. The van der Waals surface area contributed by atoms with Crippen LogP contribution in [0, 0.1) is 5.92 Å². The van der Waals surface area contributed by atoms with Gasteiger partial charge in [-0.2, -0.15) is 0 Å². The van der Waals surface area contributed by atoms with E-state index in [1.54, 1.807) is 0 Å². The normalized spacial score (nSPS) is 19.4. The molecule has 5 nitrogen and oxygen atoms in total. The van der Waals surface area contributed by atoms with Crippen LogP contribution < -0.4 is 0 Å². The summed E-state index contributed by atoms with van der Waals surface area (Å²) < 4.78 is 1.97. The zero-order valence-electron chi connectivity index (χ0n) is 10.2. The maximum Gasteiger partial charge on any atom is 0.356 e. The Bertz CT molecular complexity index is 437. The first-order chi connectivity index (χ1) is 7.99. The van der Waals surface area contributed by atoms with Gasteiger partial charge in [0.15, 0.2) is 5.69 Å². The molecule has 0 aromatic carbocycles. The molecule has 0 fully saturated rings. The number of aliphatic hydroxyl groups is 1. The number of nitrogens with zero attached hydrogens (tertiary/aromatic N) is 2. The Morgan fingerprint density at radius 2 is 2.29 bits per heavy atom. The van der Waals surface area contributed by atoms with Gasteiger partial charge in [-0.05, 0) is 12.3 Å². The van der Waals surface area contributed by atoms with E-state index in [1.165, 1.54) is 0 Å². The number of carboxylic acid groups (broad SMARTS) is 1. The topological polar surface area (TPSA) is 75.3 Å². The van der Waals surface area contributed by atoms with Crippen LogP contribution in [0.3, 0.4) is 0 Å². The third-order valence-corrected chi connectivity index (χ3v) is 3.06. The SMILES string of the molecule is CC(C)Cc1nc(C(=O)O)c2n1CCC(O)C2. The molecule has 17 heavy (non-hydrogen) atoms. The van der Waals surface area contributed by atoms with Crippen molar-refractivity contribution in [3.8, 4) is 0 Å². The number of hydrogen-bond donors (Lipinski definition) is 2. The highest BCUT2D eigenvalue weighted by Gasteiger charge is 2.27. The number of carbonyl (C=O) groups is 1. The molecule has 5 heteroatoms. The molecule has 1 aliphatic rings. The third kappa shape index (κ3) is 2.34. The lowest BCUT2D eigenvalue weighted by molar-refractivity contribution is 0.0687. The van der Waals surface area contributed by atoms with Crippen molar-refractivity contribution in [1.29, 1.82) is 0 Å². The fourth-order valence-electron chi connectivity index (χ4n) is 2.30. The Hall–Kier alpha value is -1.36. The van der Waals surface area contributed by atoms with Crippen molar-refractivity contribution in [3.05, 3.63) is 17.2 Å². The zero-order chi connectivity index (χ0) is 12.6. The summed E-state index contributed by atoms with van der Waals surface area (Å²) in [5.74, 6) is 0.271. The van der Waals surface area contributed by atoms with Gasteiger partial charge in [0.25, 0.3) is 0 Å². The zero-order valence-corrected chi connectivity index (χ0v) is 10.2. The molecular weight excluding hydrogens is 220 g/mol. The predicted molar refractivity (Wildman–Crippen MR) is 62.1 cm³/mol. The van der Waals surface area contributed by atoms with Gasteiger partial charge >= 0.3 is 5.97 Å². The van der Waals surface area contributed by atoms with E-state index >= 15 is 0 Å². The summed E-state index contributed by atoms with van der Waals surface area (Å²) >= 11 is 0. The lowest BCUT2D eigenvalue weighted by Gasteiger charge is -2.21. The lowest BCUT2D eigenvalue weighted by Crippen LogP contribution is -2.25. The largest absolute Gasteiger partial charge is 0.476 e. The van der Waals surface area contributed by atoms with Crippen LogP contribution in [-0.4, -0.2) is 31.8 Å². The number of rotatable bonds is 3. The van der Waals surface area contributed by atoms with Crippen molar-refractivity contribution < 1.29 is 15.0 Å². The Labute approximate surface area is 100 Å². The molecular formula is C12H18N2O3. The van der Waals surface area contributed by atoms with Crippen molar-refractivity contribution >= 4 is 5.97 Å². The molecule has 1 unspecified atom stereocenters. The summed E-state index contributed by atoms with van der Waals surface area (Å²) in [4.78, 5) is 15.3. The highest BCUT2D eigenvalue weighted by Crippen LogP contribution is 2.22. The maximum atomic E-state index is 11.1. The summed E-state index contributed by atoms with van der Waals surface area (Å²) in [5.41, 5.74) is 0.784. The second-order valence-corrected chi connectivity index (χ2v) is 5.02. The Morgan fingerprint density at radius 3 is 2.88 bits per heavy atom. The summed E-state index contributed by atoms with van der Waals surface area (Å²) in [5, 5.41) is 18.7. The van der Waals surface area contributed by atoms with E-state index in [4.69, 9.17) is 5.11 Å². The first-order valence-corrected chi connectivity index (χ1v) is 5.98. The van der Waals surface area contributed by atoms with E-state index in [0.29, 0.717) is 31.0 Å². The van der Waals surface area contributed by atoms with Crippen LogP contribution in [0.1, 0.15) is 42.3 Å². The summed E-state index contributed by atoms with van der Waals surface area (Å²) in [6.45, 7) is 4.83. The Balaban J connectivity index is 2.42. The highest BCUT2D eigenvalue weighted by atomic mass is 16.4. The highest BCUT2D eigenvalue weighted by molar-refractivity contribution is 5.87. The van der Waals surface area contributed by atoms with Crippen LogP contribution in [0.5, 0.6) is 0 Å². The number of aliphatic hydroxyl groups excluding tert-OH is 1. The van der Waals surface area contributed by atoms with Gasteiger partial charge in [0, 0.05) is 19.4 Å². The number of carboxylic acids is 1. The Kier molecular flexibility index (Phi) is 3.19. The number of hydrogen-bond acceptors (Lipinski definition) is 3. The van der Waals surface area contributed by atoms with Crippen LogP contribution in [-0.2, 0) is 19.4 Å². The van der Waals surface area contributed by atoms with Gasteiger partial charge in [0.05, 0.1) is 11.8 Å². The minimum Gasteiger partial charge on any atom is -0.476 e. The van der Waals surface area contributed by atoms with Gasteiger partial charge < -0.3 is 14.8 Å². The van der Waals surface area contributed by atoms with Gasteiger partial charge in [-0.25, -0.2) is 9.78 Å². The van der Waals surface area contributed by atoms with Gasteiger partial charge in [-0.15, -0.1) is 0 Å². The summed E-state index contributed by atoms with van der Waals surface area (Å²) in [6, 6.07) is 0. The average Bonchev–Trinajstić information content (AvgIpc) is 2.55. The van der Waals surface area contributed by atoms with E-state index in [-0.39, 0.29) is 5.69 Å². The molecule has 0 amide bonds. The van der Waals surface area contributed by atoms with Gasteiger partial charge in [0.2, 0.25) is 0 Å². The molecule has 1 aromatic rings. The van der Waals surface area contributed by atoms with Crippen molar-refractivity contribution in [2.45, 2.75) is 45.8 Å². The smallest absolute Gasteiger partial charge is 0.356 e. The minimum atomic E-state index is -1.00. The first kappa shape index (κ1) is 12.1. The molecule has 0 spiro atoms. The molecule has 0 bridgehead atoms. The molecule has 0 saturated carbocycles. The van der Waals surface area contributed by atoms with Crippen LogP contribution in [0.15, 0.2) is 0 Å². The van der Waals surface area contributed by atoms with Gasteiger partial charge in [-0.3, -0.25) is 0 Å². The van der Waals surface area contributed by atoms with Crippen LogP contribution in [0.4, 0.5) is 0 Å². The van der Waals surface area contributed by atoms with Crippen molar-refractivity contribution in [2.24, 2.45) is 5.92 Å². The number of aromatic nitrogens is 2. The van der Waals surface area contributed by atoms with Crippen molar-refractivity contribution in [2.75, 3.05) is 0 Å². The predicted octanol–water partition coefficient (Wildman–Crippen LogP) is 1.09. The van der Waals surface area contributed by atoms with E-state index in [0.717, 1.165) is 12.2 Å². The van der Waals surface area contributed by atoms with E-state index < -0.39 is 12.1 Å². The van der Waals surface area contributed by atoms with Gasteiger partial charge in [-0.1, -0.05) is 13.8 Å². The molecule has 0 radical (unpaired) electrons. The van der Waals surface area contributed by atoms with Crippen molar-refractivity contribution in [3.63, 3.8) is 0 Å². The molecule has 2 rings (SSSR count). The third-order valence-electron chi connectivity index (χ3n) is 3.06. The quantitative estimate of drug-likeness (QED) is 0.826. The van der Waals surface area contributed by atoms with Crippen LogP contribution >= 0.6 is 0 Å². The van der Waals surface area contributed by atoms with Gasteiger partial charge in [0.1, 0.15) is 5.82 Å². The molecule has 0 aliphatic carbocycles. The Morgan fingerprint density at radius 1 is 1.59 bits per heavy atom. The summed E-state index contributed by atoms with van der Waals surface area (Å²) in [7, 11) is 0. The van der Waals surface area contributed by atoms with E-state index in [2.05, 4.69) is 18.8 Å². The second-order valence-electron chi connectivity index (χ2n) is 5.02. The summed E-state index contributed by atoms with van der Waals surface area (Å²) in [6.07, 6.45) is 1.40. The monoisotopic (exact) mass is 238 g/mol. The van der Waals surface area contributed by atoms with Crippen LogP contribution in [0.25, 0.3) is 0 Å². The average molecular weight is 238 g/mol. The van der Waals surface area contributed by atoms with E-state index in [1.807, 2.05) is 4.57 Å². The second kappa shape index (κ2) is 4.49. The molecule has 1 aromatic heterocycles. The lowest BCUT2D eigenvalue weighted by atomic mass is 10.0. The molecule has 0 saturated heterocycles. The molecule has 94 valence electrons. The molecule has 1 aliphatic heterocycles. The number of fused-ring (bicyclic) bond motifs is 1. The number of imidazole rings is 1. The molecule has 1 atom stereocenters. The standard InChI is InChI=1S/C12H18N2O3/c1-7(2)5-10-13-11(12(16)17)9-6-8(15)3-4-14(9)10/h7-8,15H,3-6H2,1-2H3,(H,16,17). The van der Waals surface area contributed by atoms with Crippen LogP contribution in [0.2, 0.25) is 0 Å². The molecule has 2 N–H and O–H groups in total. The van der Waals surface area contributed by atoms with E-state index in [9.17, 15) is 9.90 Å². The fourth-order valence-corrected chi connectivity index (χ4v) is 2.30. The fraction of sp³-hybridized carbons (Fsp3) is 0.667. The van der Waals surface area contributed by atoms with Crippen molar-refractivity contribution in [1.82, 2.24) is 9.55 Å².